The molecule has 0 bridgehead atoms. The average Bonchev–Trinajstić information content (AvgIpc) is 3.36. The molecule has 3 N–H and O–H groups in total. The number of primary sulfonamides is 1. The third kappa shape index (κ3) is 4.72. The van der Waals surface area contributed by atoms with Crippen LogP contribution >= 0.6 is 11.3 Å². The van der Waals surface area contributed by atoms with Gasteiger partial charge in [-0.2, -0.15) is 0 Å². The lowest BCUT2D eigenvalue weighted by atomic mass is 9.95. The average molecular weight is 475 g/mol. The molecule has 1 aromatic carbocycles. The number of nitrogens with zero attached hydrogens (tertiary/aromatic N) is 2. The second kappa shape index (κ2) is 9.05. The van der Waals surface area contributed by atoms with Crippen molar-refractivity contribution in [1.82, 2.24) is 14.8 Å². The predicted molar refractivity (Wildman–Crippen MR) is 124 cm³/mol. The third-order valence-corrected chi connectivity index (χ3v) is 7.78. The first-order valence-corrected chi connectivity index (χ1v) is 12.9. The Balaban J connectivity index is 1.25. The number of nitrogens with one attached hydrogen (secondary N) is 1. The molecule has 0 saturated carbocycles. The lowest BCUT2D eigenvalue weighted by Gasteiger charge is -2.31. The first kappa shape index (κ1) is 22.5. The molecule has 2 amide bonds. The Morgan fingerprint density at radius 3 is 2.47 bits per heavy atom. The van der Waals surface area contributed by atoms with E-state index in [2.05, 4.69) is 5.32 Å². The molecule has 10 heteroatoms. The van der Waals surface area contributed by atoms with Crippen LogP contribution in [0.1, 0.15) is 28.9 Å². The van der Waals surface area contributed by atoms with Crippen LogP contribution in [0.3, 0.4) is 0 Å². The van der Waals surface area contributed by atoms with Crippen molar-refractivity contribution in [2.24, 2.45) is 18.1 Å². The zero-order valence-electron chi connectivity index (χ0n) is 17.8. The van der Waals surface area contributed by atoms with Crippen LogP contribution in [0.15, 0.2) is 46.7 Å². The molecule has 2 aromatic heterocycles. The minimum Gasteiger partial charge on any atom is -0.356 e. The number of hydrogen-bond donors (Lipinski definition) is 2. The lowest BCUT2D eigenvalue weighted by molar-refractivity contribution is -0.126. The fourth-order valence-electron chi connectivity index (χ4n) is 4.08. The number of benzene rings is 1. The highest BCUT2D eigenvalue weighted by Gasteiger charge is 2.29. The van der Waals surface area contributed by atoms with Crippen molar-refractivity contribution in [3.63, 3.8) is 0 Å². The maximum absolute atomic E-state index is 12.9. The van der Waals surface area contributed by atoms with Crippen molar-refractivity contribution in [2.75, 3.05) is 19.6 Å². The number of rotatable bonds is 6. The molecule has 0 radical (unpaired) electrons. The number of piperidine rings is 1. The molecule has 32 heavy (non-hydrogen) atoms. The van der Waals surface area contributed by atoms with Crippen molar-refractivity contribution in [3.8, 4) is 0 Å². The van der Waals surface area contributed by atoms with E-state index < -0.39 is 10.0 Å². The van der Waals surface area contributed by atoms with Gasteiger partial charge in [-0.15, -0.1) is 11.3 Å². The lowest BCUT2D eigenvalue weighted by Crippen LogP contribution is -2.43. The summed E-state index contributed by atoms with van der Waals surface area (Å²) >= 11 is 1.62. The van der Waals surface area contributed by atoms with Crippen molar-refractivity contribution in [1.29, 1.82) is 0 Å². The Hall–Kier alpha value is -2.69. The van der Waals surface area contributed by atoms with Crippen LogP contribution in [-0.4, -0.2) is 49.3 Å². The van der Waals surface area contributed by atoms with Crippen molar-refractivity contribution >= 4 is 43.4 Å². The van der Waals surface area contributed by atoms with Gasteiger partial charge in [0, 0.05) is 32.6 Å². The van der Waals surface area contributed by atoms with Crippen LogP contribution in [0.25, 0.3) is 10.2 Å². The van der Waals surface area contributed by atoms with Crippen molar-refractivity contribution < 1.29 is 18.0 Å². The van der Waals surface area contributed by atoms with Gasteiger partial charge >= 0.3 is 0 Å². The van der Waals surface area contributed by atoms with Gasteiger partial charge in [0.1, 0.15) is 5.69 Å². The number of aryl methyl sites for hydroxylation is 1. The van der Waals surface area contributed by atoms with Gasteiger partial charge in [0.25, 0.3) is 5.91 Å². The van der Waals surface area contributed by atoms with Gasteiger partial charge < -0.3 is 14.8 Å². The van der Waals surface area contributed by atoms with E-state index in [0.29, 0.717) is 44.6 Å². The number of aromatic nitrogens is 1. The van der Waals surface area contributed by atoms with Crippen LogP contribution in [0, 0.1) is 5.92 Å². The van der Waals surface area contributed by atoms with Gasteiger partial charge in [0.05, 0.1) is 15.1 Å². The molecule has 1 fully saturated rings. The number of nitrogens with two attached hydrogens (primary N) is 1. The summed E-state index contributed by atoms with van der Waals surface area (Å²) in [5.41, 5.74) is 2.66. The maximum atomic E-state index is 12.9. The van der Waals surface area contributed by atoms with E-state index in [1.807, 2.05) is 34.0 Å². The highest BCUT2D eigenvalue weighted by Crippen LogP contribution is 2.26. The Kier molecular flexibility index (Phi) is 6.36. The van der Waals surface area contributed by atoms with E-state index in [1.54, 1.807) is 23.5 Å². The predicted octanol–water partition coefficient (Wildman–Crippen LogP) is 2.10. The molecule has 4 rings (SSSR count). The number of fused-ring (bicyclic) bond motifs is 1. The normalized spacial score (nSPS) is 15.2. The van der Waals surface area contributed by atoms with Gasteiger partial charge in [-0.3, -0.25) is 9.59 Å². The SMILES string of the molecule is Cn1c(C(=O)N2CCC(C(=O)NCCc3ccc(S(N)(=O)=O)cc3)CC2)cc2sccc21. The van der Waals surface area contributed by atoms with E-state index in [0.717, 1.165) is 15.8 Å². The molecule has 0 unspecified atom stereocenters. The minimum atomic E-state index is -3.70. The molecule has 0 spiro atoms. The molecule has 1 aliphatic rings. The van der Waals surface area contributed by atoms with Crippen LogP contribution in [0.2, 0.25) is 0 Å². The van der Waals surface area contributed by atoms with E-state index in [-0.39, 0.29) is 22.6 Å². The fourth-order valence-corrected chi connectivity index (χ4v) is 5.45. The van der Waals surface area contributed by atoms with Crippen molar-refractivity contribution in [2.45, 2.75) is 24.2 Å². The summed E-state index contributed by atoms with van der Waals surface area (Å²) < 4.78 is 25.7. The number of likely N-dealkylation sites (tertiary alicyclic amines) is 1. The molecular weight excluding hydrogens is 448 g/mol. The Morgan fingerprint density at radius 1 is 1.16 bits per heavy atom. The summed E-state index contributed by atoms with van der Waals surface area (Å²) in [4.78, 5) is 27.4. The van der Waals surface area contributed by atoms with E-state index in [9.17, 15) is 18.0 Å². The van der Waals surface area contributed by atoms with Gasteiger partial charge in [-0.25, -0.2) is 13.6 Å². The number of thiophene rings is 1. The van der Waals surface area contributed by atoms with Crippen LogP contribution in [0.5, 0.6) is 0 Å². The Labute approximate surface area is 191 Å². The first-order valence-electron chi connectivity index (χ1n) is 10.5. The summed E-state index contributed by atoms with van der Waals surface area (Å²) in [7, 11) is -1.79. The standard InChI is InChI=1S/C22H26N4O4S2/c1-25-18-9-13-31-20(18)14-19(25)22(28)26-11-7-16(8-12-26)21(27)24-10-6-15-2-4-17(5-3-15)32(23,29)30/h2-5,9,13-14,16H,6-8,10-12H2,1H3,(H,24,27)(H2,23,29,30). The smallest absolute Gasteiger partial charge is 0.270 e. The molecule has 170 valence electrons. The molecule has 8 nitrogen and oxygen atoms in total. The molecule has 0 aliphatic carbocycles. The first-order chi connectivity index (χ1) is 15.2. The summed E-state index contributed by atoms with van der Waals surface area (Å²) in [5, 5.41) is 10.1. The highest BCUT2D eigenvalue weighted by molar-refractivity contribution is 7.89. The third-order valence-electron chi connectivity index (χ3n) is 6.00. The number of carbonyl (C=O) groups excluding carboxylic acids is 2. The Morgan fingerprint density at radius 2 is 1.84 bits per heavy atom. The van der Waals surface area contributed by atoms with Crippen LogP contribution < -0.4 is 10.5 Å². The van der Waals surface area contributed by atoms with Crippen LogP contribution in [0.4, 0.5) is 0 Å². The number of amides is 2. The summed E-state index contributed by atoms with van der Waals surface area (Å²) in [6, 6.07) is 10.3. The molecule has 3 aromatic rings. The number of carbonyl (C=O) groups is 2. The zero-order valence-corrected chi connectivity index (χ0v) is 19.4. The van der Waals surface area contributed by atoms with E-state index in [4.69, 9.17) is 5.14 Å². The van der Waals surface area contributed by atoms with Gasteiger partial charge in [0.2, 0.25) is 15.9 Å². The highest BCUT2D eigenvalue weighted by atomic mass is 32.2. The molecule has 1 aliphatic heterocycles. The van der Waals surface area contributed by atoms with E-state index in [1.165, 1.54) is 12.1 Å². The topological polar surface area (TPSA) is 114 Å². The fraction of sp³-hybridized carbons (Fsp3) is 0.364. The zero-order chi connectivity index (χ0) is 22.9. The summed E-state index contributed by atoms with van der Waals surface area (Å²) in [6.07, 6.45) is 1.87. The monoisotopic (exact) mass is 474 g/mol. The molecule has 0 atom stereocenters. The second-order valence-corrected chi connectivity index (χ2v) is 10.6. The largest absolute Gasteiger partial charge is 0.356 e. The van der Waals surface area contributed by atoms with E-state index >= 15 is 0 Å². The van der Waals surface area contributed by atoms with Gasteiger partial charge in [-0.05, 0) is 54.5 Å². The maximum Gasteiger partial charge on any atom is 0.270 e. The van der Waals surface area contributed by atoms with Gasteiger partial charge in [-0.1, -0.05) is 12.1 Å². The minimum absolute atomic E-state index is 0.00219. The van der Waals surface area contributed by atoms with Gasteiger partial charge in [0.15, 0.2) is 0 Å². The molecular formula is C22H26N4O4S2. The Bertz CT molecular complexity index is 1240. The molecule has 1 saturated heterocycles. The second-order valence-electron chi connectivity index (χ2n) is 8.06. The quantitative estimate of drug-likeness (QED) is 0.569. The van der Waals surface area contributed by atoms with Crippen LogP contribution in [-0.2, 0) is 28.3 Å². The van der Waals surface area contributed by atoms with Crippen molar-refractivity contribution in [3.05, 3.63) is 53.0 Å². The number of hydrogen-bond acceptors (Lipinski definition) is 5. The molecule has 3 heterocycles. The summed E-state index contributed by atoms with van der Waals surface area (Å²) in [6.45, 7) is 1.59. The summed E-state index contributed by atoms with van der Waals surface area (Å²) in [5.74, 6) is -0.101. The number of sulfonamides is 1.